The summed E-state index contributed by atoms with van der Waals surface area (Å²) < 4.78 is 12.7. The minimum atomic E-state index is -0.791. The fourth-order valence-electron chi connectivity index (χ4n) is 1.42. The second-order valence-corrected chi connectivity index (χ2v) is 3.82. The molecule has 1 heterocycles. The molecule has 0 aromatic carbocycles. The Morgan fingerprint density at radius 1 is 1.67 bits per heavy atom. The van der Waals surface area contributed by atoms with E-state index in [0.717, 1.165) is 0 Å². The van der Waals surface area contributed by atoms with Gasteiger partial charge >= 0.3 is 0 Å². The van der Waals surface area contributed by atoms with Gasteiger partial charge in [-0.3, -0.25) is 4.79 Å². The summed E-state index contributed by atoms with van der Waals surface area (Å²) in [4.78, 5) is 13.0. The lowest BCUT2D eigenvalue weighted by Crippen LogP contribution is -2.29. The van der Waals surface area contributed by atoms with Gasteiger partial charge in [-0.15, -0.1) is 0 Å². The smallest absolute Gasteiger partial charge is 0.222 e. The highest BCUT2D eigenvalue weighted by molar-refractivity contribution is 5.76. The van der Waals surface area contributed by atoms with Crippen molar-refractivity contribution in [3.63, 3.8) is 0 Å². The summed E-state index contributed by atoms with van der Waals surface area (Å²) in [7, 11) is 0. The van der Waals surface area contributed by atoms with Crippen LogP contribution in [0.3, 0.4) is 0 Å². The number of likely N-dealkylation sites (tertiary alicyclic amines) is 1. The Morgan fingerprint density at radius 2 is 2.33 bits per heavy atom. The molecule has 1 aliphatic rings. The number of rotatable bonds is 2. The van der Waals surface area contributed by atoms with Gasteiger partial charge in [0.1, 0.15) is 6.17 Å². The zero-order chi connectivity index (χ0) is 9.14. The average molecular weight is 173 g/mol. The van der Waals surface area contributed by atoms with Crippen molar-refractivity contribution >= 4 is 5.91 Å². The molecule has 0 unspecified atom stereocenters. The number of carbonyl (C=O) groups is 1. The predicted molar refractivity (Wildman–Crippen MR) is 45.5 cm³/mol. The molecule has 1 saturated heterocycles. The fraction of sp³-hybridized carbons (Fsp3) is 0.889. The van der Waals surface area contributed by atoms with Crippen LogP contribution in [-0.4, -0.2) is 30.1 Å². The van der Waals surface area contributed by atoms with E-state index in [9.17, 15) is 9.18 Å². The Bertz CT molecular complexity index is 170. The van der Waals surface area contributed by atoms with E-state index in [1.807, 2.05) is 13.8 Å². The maximum absolute atomic E-state index is 12.7. The normalized spacial score (nSPS) is 23.7. The van der Waals surface area contributed by atoms with E-state index in [-0.39, 0.29) is 5.91 Å². The van der Waals surface area contributed by atoms with E-state index < -0.39 is 6.17 Å². The van der Waals surface area contributed by atoms with Crippen LogP contribution in [0.4, 0.5) is 4.39 Å². The van der Waals surface area contributed by atoms with Crippen LogP contribution in [0.2, 0.25) is 0 Å². The lowest BCUT2D eigenvalue weighted by atomic mass is 10.1. The van der Waals surface area contributed by atoms with Crippen molar-refractivity contribution in [2.24, 2.45) is 5.92 Å². The van der Waals surface area contributed by atoms with E-state index in [4.69, 9.17) is 0 Å². The van der Waals surface area contributed by atoms with Crippen LogP contribution in [0.15, 0.2) is 0 Å². The Labute approximate surface area is 72.7 Å². The molecule has 0 saturated carbocycles. The highest BCUT2D eigenvalue weighted by atomic mass is 19.1. The Morgan fingerprint density at radius 3 is 2.75 bits per heavy atom. The summed E-state index contributed by atoms with van der Waals surface area (Å²) in [6.07, 6.45) is 0.275. The first kappa shape index (κ1) is 9.49. The molecule has 0 spiro atoms. The average Bonchev–Trinajstić information content (AvgIpc) is 2.34. The topological polar surface area (TPSA) is 20.3 Å². The third-order valence-electron chi connectivity index (χ3n) is 2.07. The van der Waals surface area contributed by atoms with Crippen molar-refractivity contribution in [1.82, 2.24) is 4.90 Å². The zero-order valence-electron chi connectivity index (χ0n) is 7.72. The molecule has 0 aromatic heterocycles. The van der Waals surface area contributed by atoms with Crippen molar-refractivity contribution in [3.05, 3.63) is 0 Å². The molecule has 0 N–H and O–H groups in total. The summed E-state index contributed by atoms with van der Waals surface area (Å²) in [6.45, 7) is 4.92. The molecule has 0 bridgehead atoms. The SMILES string of the molecule is CC(C)CC(=O)N1CC[C@H](F)C1. The molecule has 1 atom stereocenters. The summed E-state index contributed by atoms with van der Waals surface area (Å²) in [5, 5.41) is 0. The monoisotopic (exact) mass is 173 g/mol. The van der Waals surface area contributed by atoms with E-state index in [1.54, 1.807) is 4.90 Å². The summed E-state index contributed by atoms with van der Waals surface area (Å²) in [6, 6.07) is 0. The van der Waals surface area contributed by atoms with Gasteiger partial charge in [-0.25, -0.2) is 4.39 Å². The fourth-order valence-corrected chi connectivity index (χ4v) is 1.42. The maximum atomic E-state index is 12.7. The first-order valence-electron chi connectivity index (χ1n) is 4.51. The number of halogens is 1. The van der Waals surface area contributed by atoms with Gasteiger partial charge in [0.05, 0.1) is 6.54 Å². The van der Waals surface area contributed by atoms with E-state index in [2.05, 4.69) is 0 Å². The van der Waals surface area contributed by atoms with Gasteiger partial charge < -0.3 is 4.90 Å². The molecule has 1 rings (SSSR count). The van der Waals surface area contributed by atoms with Crippen molar-refractivity contribution in [1.29, 1.82) is 0 Å². The molecule has 0 radical (unpaired) electrons. The van der Waals surface area contributed by atoms with Crippen molar-refractivity contribution in [3.8, 4) is 0 Å². The molecule has 1 amide bonds. The summed E-state index contributed by atoms with van der Waals surface area (Å²) in [5.41, 5.74) is 0. The van der Waals surface area contributed by atoms with Crippen molar-refractivity contribution < 1.29 is 9.18 Å². The first-order valence-corrected chi connectivity index (χ1v) is 4.51. The lowest BCUT2D eigenvalue weighted by Gasteiger charge is -2.16. The number of hydrogen-bond donors (Lipinski definition) is 0. The van der Waals surface area contributed by atoms with Gasteiger partial charge in [-0.05, 0) is 12.3 Å². The van der Waals surface area contributed by atoms with Crippen molar-refractivity contribution in [2.45, 2.75) is 32.9 Å². The van der Waals surface area contributed by atoms with Gasteiger partial charge in [0.15, 0.2) is 0 Å². The van der Waals surface area contributed by atoms with Gasteiger partial charge in [0, 0.05) is 13.0 Å². The molecule has 0 aliphatic carbocycles. The molecule has 1 fully saturated rings. The van der Waals surface area contributed by atoms with E-state index >= 15 is 0 Å². The molecular formula is C9H16FNO. The highest BCUT2D eigenvalue weighted by Gasteiger charge is 2.25. The Balaban J connectivity index is 2.33. The number of carbonyl (C=O) groups excluding carboxylic acids is 1. The van der Waals surface area contributed by atoms with Gasteiger partial charge in [-0.1, -0.05) is 13.8 Å². The van der Waals surface area contributed by atoms with Crippen LogP contribution < -0.4 is 0 Å². The van der Waals surface area contributed by atoms with Crippen LogP contribution in [-0.2, 0) is 4.79 Å². The lowest BCUT2D eigenvalue weighted by molar-refractivity contribution is -0.131. The van der Waals surface area contributed by atoms with Crippen LogP contribution in [0, 0.1) is 5.92 Å². The third kappa shape index (κ3) is 2.47. The molecule has 2 nitrogen and oxygen atoms in total. The summed E-state index contributed by atoms with van der Waals surface area (Å²) in [5.74, 6) is 0.473. The standard InChI is InChI=1S/C9H16FNO/c1-7(2)5-9(12)11-4-3-8(10)6-11/h7-8H,3-6H2,1-2H3/t8-/m0/s1. The largest absolute Gasteiger partial charge is 0.340 e. The molecular weight excluding hydrogens is 157 g/mol. The van der Waals surface area contributed by atoms with E-state index in [0.29, 0.717) is 31.8 Å². The second kappa shape index (κ2) is 3.87. The molecule has 0 aromatic rings. The van der Waals surface area contributed by atoms with Crippen LogP contribution in [0.1, 0.15) is 26.7 Å². The van der Waals surface area contributed by atoms with Gasteiger partial charge in [0.2, 0.25) is 5.91 Å². The van der Waals surface area contributed by atoms with Gasteiger partial charge in [0.25, 0.3) is 0 Å². The molecule has 1 aliphatic heterocycles. The molecule has 70 valence electrons. The second-order valence-electron chi connectivity index (χ2n) is 3.82. The summed E-state index contributed by atoms with van der Waals surface area (Å²) >= 11 is 0. The highest BCUT2D eigenvalue weighted by Crippen LogP contribution is 2.14. The minimum absolute atomic E-state index is 0.102. The number of alkyl halides is 1. The number of hydrogen-bond acceptors (Lipinski definition) is 1. The Hall–Kier alpha value is -0.600. The minimum Gasteiger partial charge on any atom is -0.340 e. The quantitative estimate of drug-likeness (QED) is 0.621. The zero-order valence-corrected chi connectivity index (χ0v) is 7.72. The predicted octanol–water partition coefficient (Wildman–Crippen LogP) is 1.60. The maximum Gasteiger partial charge on any atom is 0.222 e. The van der Waals surface area contributed by atoms with Crippen LogP contribution in [0.25, 0.3) is 0 Å². The molecule has 3 heteroatoms. The number of nitrogens with zero attached hydrogens (tertiary/aromatic N) is 1. The first-order chi connectivity index (χ1) is 5.59. The van der Waals surface area contributed by atoms with E-state index in [1.165, 1.54) is 0 Å². The number of amides is 1. The van der Waals surface area contributed by atoms with Crippen molar-refractivity contribution in [2.75, 3.05) is 13.1 Å². The van der Waals surface area contributed by atoms with Gasteiger partial charge in [-0.2, -0.15) is 0 Å². The van der Waals surface area contributed by atoms with Crippen LogP contribution in [0.5, 0.6) is 0 Å². The Kier molecular flexibility index (Phi) is 3.06. The molecule has 12 heavy (non-hydrogen) atoms. The van der Waals surface area contributed by atoms with Crippen LogP contribution >= 0.6 is 0 Å². The third-order valence-corrected chi connectivity index (χ3v) is 2.07.